The molecule has 0 saturated carbocycles. The van der Waals surface area contributed by atoms with Gasteiger partial charge in [-0.3, -0.25) is 0 Å². The molecule has 0 saturated heterocycles. The van der Waals surface area contributed by atoms with Crippen LogP contribution in [0.3, 0.4) is 0 Å². The molecular formula is C12H11N3O. The lowest BCUT2D eigenvalue weighted by molar-refractivity contribution is 0.507. The van der Waals surface area contributed by atoms with Crippen LogP contribution in [0.1, 0.15) is 11.5 Å². The van der Waals surface area contributed by atoms with E-state index in [0.717, 1.165) is 11.4 Å². The normalized spacial score (nSPS) is 9.75. The number of nitrogens with zero attached hydrogens (tertiary/aromatic N) is 3. The molecule has 0 fully saturated rings. The number of anilines is 1. The largest absolute Gasteiger partial charge is 0.467 e. The lowest BCUT2D eigenvalue weighted by Gasteiger charge is -2.17. The molecule has 0 aliphatic heterocycles. The first-order valence-electron chi connectivity index (χ1n) is 4.89. The van der Waals surface area contributed by atoms with Gasteiger partial charge in [0.15, 0.2) is 0 Å². The first kappa shape index (κ1) is 10.2. The van der Waals surface area contributed by atoms with Gasteiger partial charge in [0.25, 0.3) is 0 Å². The molecule has 0 N–H and O–H groups in total. The molecule has 0 spiro atoms. The van der Waals surface area contributed by atoms with E-state index in [4.69, 9.17) is 9.68 Å². The Morgan fingerprint density at radius 2 is 2.31 bits per heavy atom. The maximum atomic E-state index is 8.63. The fraction of sp³-hybridized carbons (Fsp3) is 0.167. The van der Waals surface area contributed by atoms with E-state index in [-0.39, 0.29) is 0 Å². The van der Waals surface area contributed by atoms with Crippen molar-refractivity contribution in [2.75, 3.05) is 11.9 Å². The second-order valence-electron chi connectivity index (χ2n) is 3.45. The second kappa shape index (κ2) is 4.49. The van der Waals surface area contributed by atoms with Crippen LogP contribution in [0.2, 0.25) is 0 Å². The van der Waals surface area contributed by atoms with E-state index in [1.807, 2.05) is 36.2 Å². The van der Waals surface area contributed by atoms with E-state index in [0.29, 0.717) is 12.2 Å². The third kappa shape index (κ3) is 2.20. The molecule has 2 heterocycles. The van der Waals surface area contributed by atoms with Gasteiger partial charge in [-0.25, -0.2) is 4.98 Å². The summed E-state index contributed by atoms with van der Waals surface area (Å²) in [6.45, 7) is 0.681. The fourth-order valence-electron chi connectivity index (χ4n) is 1.41. The number of hydrogen-bond acceptors (Lipinski definition) is 4. The average molecular weight is 213 g/mol. The molecule has 0 unspecified atom stereocenters. The summed E-state index contributed by atoms with van der Waals surface area (Å²) in [7, 11) is 1.95. The molecule has 0 bridgehead atoms. The maximum absolute atomic E-state index is 8.63. The summed E-state index contributed by atoms with van der Waals surface area (Å²) in [5.74, 6) is 0.895. The van der Waals surface area contributed by atoms with Crippen LogP contribution in [0.5, 0.6) is 0 Å². The van der Waals surface area contributed by atoms with Gasteiger partial charge in [0, 0.05) is 7.05 Å². The topological polar surface area (TPSA) is 53.1 Å². The van der Waals surface area contributed by atoms with Crippen molar-refractivity contribution in [1.29, 1.82) is 5.26 Å². The molecule has 4 heteroatoms. The smallest absolute Gasteiger partial charge is 0.140 e. The van der Waals surface area contributed by atoms with Gasteiger partial charge in [0.1, 0.15) is 17.5 Å². The van der Waals surface area contributed by atoms with E-state index in [2.05, 4.69) is 4.98 Å². The number of hydrogen-bond donors (Lipinski definition) is 0. The van der Waals surface area contributed by atoms with E-state index in [1.54, 1.807) is 18.5 Å². The van der Waals surface area contributed by atoms with Gasteiger partial charge < -0.3 is 9.32 Å². The zero-order chi connectivity index (χ0) is 11.4. The third-order valence-corrected chi connectivity index (χ3v) is 2.28. The van der Waals surface area contributed by atoms with Crippen LogP contribution >= 0.6 is 0 Å². The van der Waals surface area contributed by atoms with Crippen LogP contribution < -0.4 is 4.90 Å². The SMILES string of the molecule is CN(Cc1ccco1)c1ccc(C#N)nc1. The summed E-state index contributed by atoms with van der Waals surface area (Å²) in [6, 6.07) is 9.35. The second-order valence-corrected chi connectivity index (χ2v) is 3.45. The van der Waals surface area contributed by atoms with Crippen molar-refractivity contribution in [2.45, 2.75) is 6.54 Å². The molecule has 0 aromatic carbocycles. The Bertz CT molecular complexity index is 482. The molecule has 4 nitrogen and oxygen atoms in total. The first-order valence-corrected chi connectivity index (χ1v) is 4.89. The van der Waals surface area contributed by atoms with Gasteiger partial charge in [0.2, 0.25) is 0 Å². The Labute approximate surface area is 93.7 Å². The predicted octanol–water partition coefficient (Wildman–Crippen LogP) is 2.18. The zero-order valence-electron chi connectivity index (χ0n) is 8.92. The standard InChI is InChI=1S/C12H11N3O/c1-15(9-12-3-2-6-16-12)11-5-4-10(7-13)14-8-11/h2-6,8H,9H2,1H3. The van der Waals surface area contributed by atoms with Gasteiger partial charge >= 0.3 is 0 Å². The van der Waals surface area contributed by atoms with Crippen molar-refractivity contribution >= 4 is 5.69 Å². The Hall–Kier alpha value is -2.28. The van der Waals surface area contributed by atoms with Gasteiger partial charge in [0.05, 0.1) is 24.7 Å². The molecule has 2 rings (SSSR count). The Morgan fingerprint density at radius 1 is 1.44 bits per heavy atom. The molecule has 0 atom stereocenters. The number of rotatable bonds is 3. The number of nitriles is 1. The van der Waals surface area contributed by atoms with Crippen molar-refractivity contribution in [2.24, 2.45) is 0 Å². The Morgan fingerprint density at radius 3 is 2.88 bits per heavy atom. The molecule has 2 aromatic rings. The van der Waals surface area contributed by atoms with E-state index in [1.165, 1.54) is 0 Å². The quantitative estimate of drug-likeness (QED) is 0.784. The summed E-state index contributed by atoms with van der Waals surface area (Å²) in [4.78, 5) is 6.02. The number of aromatic nitrogens is 1. The Balaban J connectivity index is 2.09. The minimum Gasteiger partial charge on any atom is -0.467 e. The number of pyridine rings is 1. The first-order chi connectivity index (χ1) is 7.79. The van der Waals surface area contributed by atoms with Gasteiger partial charge in [-0.1, -0.05) is 0 Å². The monoisotopic (exact) mass is 213 g/mol. The van der Waals surface area contributed by atoms with Crippen molar-refractivity contribution < 1.29 is 4.42 Å². The summed E-state index contributed by atoms with van der Waals surface area (Å²) in [5, 5.41) is 8.63. The van der Waals surface area contributed by atoms with E-state index < -0.39 is 0 Å². The van der Waals surface area contributed by atoms with Crippen LogP contribution in [-0.4, -0.2) is 12.0 Å². The highest BCUT2D eigenvalue weighted by molar-refractivity contribution is 5.45. The number of furan rings is 1. The lowest BCUT2D eigenvalue weighted by Crippen LogP contribution is -2.16. The van der Waals surface area contributed by atoms with Crippen molar-refractivity contribution in [1.82, 2.24) is 4.98 Å². The molecule has 0 radical (unpaired) electrons. The van der Waals surface area contributed by atoms with Gasteiger partial charge in [-0.05, 0) is 24.3 Å². The predicted molar refractivity (Wildman–Crippen MR) is 59.8 cm³/mol. The van der Waals surface area contributed by atoms with Crippen molar-refractivity contribution in [3.05, 3.63) is 48.2 Å². The van der Waals surface area contributed by atoms with Crippen LogP contribution in [0.4, 0.5) is 5.69 Å². The van der Waals surface area contributed by atoms with Crippen LogP contribution in [0.15, 0.2) is 41.1 Å². The van der Waals surface area contributed by atoms with Crippen molar-refractivity contribution in [3.8, 4) is 6.07 Å². The highest BCUT2D eigenvalue weighted by Crippen LogP contribution is 2.14. The highest BCUT2D eigenvalue weighted by atomic mass is 16.3. The Kier molecular flexibility index (Phi) is 2.88. The van der Waals surface area contributed by atoms with E-state index >= 15 is 0 Å². The van der Waals surface area contributed by atoms with E-state index in [9.17, 15) is 0 Å². The maximum Gasteiger partial charge on any atom is 0.140 e. The molecular weight excluding hydrogens is 202 g/mol. The highest BCUT2D eigenvalue weighted by Gasteiger charge is 2.04. The molecule has 0 aliphatic carbocycles. The fourth-order valence-corrected chi connectivity index (χ4v) is 1.41. The summed E-state index contributed by atoms with van der Waals surface area (Å²) >= 11 is 0. The van der Waals surface area contributed by atoms with Crippen molar-refractivity contribution in [3.63, 3.8) is 0 Å². The minimum atomic E-state index is 0.426. The third-order valence-electron chi connectivity index (χ3n) is 2.28. The van der Waals surface area contributed by atoms with Crippen LogP contribution in [0.25, 0.3) is 0 Å². The summed E-state index contributed by atoms with van der Waals surface area (Å²) < 4.78 is 5.26. The lowest BCUT2D eigenvalue weighted by atomic mass is 10.3. The average Bonchev–Trinajstić information content (AvgIpc) is 2.82. The summed E-state index contributed by atoms with van der Waals surface area (Å²) in [6.07, 6.45) is 3.34. The molecule has 0 amide bonds. The molecule has 2 aromatic heterocycles. The molecule has 16 heavy (non-hydrogen) atoms. The summed E-state index contributed by atoms with van der Waals surface area (Å²) in [5.41, 5.74) is 1.38. The van der Waals surface area contributed by atoms with Gasteiger partial charge in [-0.2, -0.15) is 5.26 Å². The van der Waals surface area contributed by atoms with Gasteiger partial charge in [-0.15, -0.1) is 0 Å². The molecule has 80 valence electrons. The zero-order valence-corrected chi connectivity index (χ0v) is 8.92. The minimum absolute atomic E-state index is 0.426. The van der Waals surface area contributed by atoms with Crippen LogP contribution in [0, 0.1) is 11.3 Å². The van der Waals surface area contributed by atoms with Crippen LogP contribution in [-0.2, 0) is 6.54 Å². The molecule has 0 aliphatic rings.